The number of nitrogens with zero attached hydrogens (tertiary/aromatic N) is 2. The minimum atomic E-state index is -0.237. The fourth-order valence-electron chi connectivity index (χ4n) is 3.09. The smallest absolute Gasteiger partial charge is 0.285 e. The summed E-state index contributed by atoms with van der Waals surface area (Å²) < 4.78 is 0.988. The van der Waals surface area contributed by atoms with Gasteiger partial charge in [-0.3, -0.25) is 4.79 Å². The number of thiazole rings is 1. The number of fused-ring (bicyclic) bond motifs is 2. The van der Waals surface area contributed by atoms with Crippen molar-refractivity contribution in [3.63, 3.8) is 0 Å². The Kier molecular flexibility index (Phi) is 3.83. The third-order valence-electron chi connectivity index (χ3n) is 4.33. The van der Waals surface area contributed by atoms with Gasteiger partial charge < -0.3 is 5.32 Å². The summed E-state index contributed by atoms with van der Waals surface area (Å²) in [5, 5.41) is 13.6. The van der Waals surface area contributed by atoms with Gasteiger partial charge in [-0.15, -0.1) is 22.7 Å². The van der Waals surface area contributed by atoms with Crippen LogP contribution in [0, 0.1) is 17.2 Å². The number of thiophene rings is 1. The van der Waals surface area contributed by atoms with Crippen LogP contribution in [0.2, 0.25) is 0 Å². The molecular formula is C18H15N3OS2. The van der Waals surface area contributed by atoms with Gasteiger partial charge in [0.05, 0.1) is 15.8 Å². The molecule has 1 atom stereocenters. The van der Waals surface area contributed by atoms with Crippen molar-refractivity contribution in [1.82, 2.24) is 4.98 Å². The third-order valence-corrected chi connectivity index (χ3v) is 6.58. The van der Waals surface area contributed by atoms with Crippen molar-refractivity contribution in [2.24, 2.45) is 5.92 Å². The van der Waals surface area contributed by atoms with Crippen LogP contribution in [0.4, 0.5) is 5.00 Å². The van der Waals surface area contributed by atoms with E-state index < -0.39 is 0 Å². The molecule has 120 valence electrons. The summed E-state index contributed by atoms with van der Waals surface area (Å²) in [6, 6.07) is 9.98. The Morgan fingerprint density at radius 3 is 3.00 bits per heavy atom. The van der Waals surface area contributed by atoms with Crippen LogP contribution in [0.15, 0.2) is 24.3 Å². The molecule has 4 rings (SSSR count). The maximum absolute atomic E-state index is 12.6. The Balaban J connectivity index is 1.65. The molecule has 1 aliphatic carbocycles. The Morgan fingerprint density at radius 1 is 1.38 bits per heavy atom. The predicted octanol–water partition coefficient (Wildman–Crippen LogP) is 4.61. The molecular weight excluding hydrogens is 338 g/mol. The number of aromatic nitrogens is 1. The molecule has 1 N–H and O–H groups in total. The van der Waals surface area contributed by atoms with E-state index in [4.69, 9.17) is 0 Å². The molecule has 0 saturated carbocycles. The molecule has 1 amide bonds. The molecule has 2 heterocycles. The number of benzene rings is 1. The number of hydrogen-bond donors (Lipinski definition) is 1. The van der Waals surface area contributed by atoms with E-state index in [1.807, 2.05) is 24.3 Å². The number of nitriles is 1. The molecule has 2 aromatic heterocycles. The zero-order valence-corrected chi connectivity index (χ0v) is 14.8. The highest BCUT2D eigenvalue weighted by atomic mass is 32.1. The minimum absolute atomic E-state index is 0.237. The predicted molar refractivity (Wildman–Crippen MR) is 97.8 cm³/mol. The lowest BCUT2D eigenvalue weighted by molar-refractivity contribution is 0.102. The summed E-state index contributed by atoms with van der Waals surface area (Å²) in [6.07, 6.45) is 3.06. The fourth-order valence-corrected chi connectivity index (χ4v) is 5.14. The molecule has 4 nitrogen and oxygen atoms in total. The Morgan fingerprint density at radius 2 is 2.21 bits per heavy atom. The quantitative estimate of drug-likeness (QED) is 0.732. The number of carbonyl (C=O) groups excluding carboxylic acids is 1. The van der Waals surface area contributed by atoms with Gasteiger partial charge in [-0.05, 0) is 42.9 Å². The largest absolute Gasteiger partial charge is 0.310 e. The summed E-state index contributed by atoms with van der Waals surface area (Å²) in [4.78, 5) is 18.2. The van der Waals surface area contributed by atoms with E-state index in [1.165, 1.54) is 16.2 Å². The summed E-state index contributed by atoms with van der Waals surface area (Å²) >= 11 is 2.91. The van der Waals surface area contributed by atoms with Gasteiger partial charge in [0.15, 0.2) is 5.01 Å². The molecule has 1 aromatic carbocycles. The van der Waals surface area contributed by atoms with E-state index >= 15 is 0 Å². The average Bonchev–Trinajstić information content (AvgIpc) is 3.15. The van der Waals surface area contributed by atoms with Gasteiger partial charge in [0.25, 0.3) is 5.91 Å². The SMILES string of the molecule is C[C@@H]1CCc2sc(NC(=O)c3nc4ccccc4s3)c(C#N)c2C1. The second-order valence-electron chi connectivity index (χ2n) is 6.11. The average molecular weight is 353 g/mol. The van der Waals surface area contributed by atoms with Crippen molar-refractivity contribution in [3.8, 4) is 6.07 Å². The number of aryl methyl sites for hydroxylation is 1. The molecule has 24 heavy (non-hydrogen) atoms. The van der Waals surface area contributed by atoms with Crippen LogP contribution < -0.4 is 5.32 Å². The summed E-state index contributed by atoms with van der Waals surface area (Å²) in [6.45, 7) is 2.21. The number of para-hydroxylation sites is 1. The van der Waals surface area contributed by atoms with Gasteiger partial charge >= 0.3 is 0 Å². The second kappa shape index (κ2) is 6.00. The highest BCUT2D eigenvalue weighted by Gasteiger charge is 2.25. The third kappa shape index (κ3) is 2.60. The molecule has 6 heteroatoms. The van der Waals surface area contributed by atoms with Crippen LogP contribution in [0.25, 0.3) is 10.2 Å². The van der Waals surface area contributed by atoms with Crippen LogP contribution in [-0.2, 0) is 12.8 Å². The Labute approximate surface area is 147 Å². The fraction of sp³-hybridized carbons (Fsp3) is 0.278. The van der Waals surface area contributed by atoms with Crippen molar-refractivity contribution in [2.45, 2.75) is 26.2 Å². The van der Waals surface area contributed by atoms with Gasteiger partial charge in [0.2, 0.25) is 0 Å². The minimum Gasteiger partial charge on any atom is -0.310 e. The van der Waals surface area contributed by atoms with Gasteiger partial charge in [0.1, 0.15) is 11.1 Å². The maximum atomic E-state index is 12.6. The van der Waals surface area contributed by atoms with Crippen LogP contribution in [0.5, 0.6) is 0 Å². The molecule has 0 bridgehead atoms. The number of anilines is 1. The molecule has 0 aliphatic heterocycles. The molecule has 0 radical (unpaired) electrons. The van der Waals surface area contributed by atoms with Crippen LogP contribution in [0.1, 0.15) is 39.2 Å². The van der Waals surface area contributed by atoms with E-state index in [1.54, 1.807) is 11.3 Å². The first-order valence-electron chi connectivity index (χ1n) is 7.87. The van der Waals surface area contributed by atoms with E-state index in [2.05, 4.69) is 23.3 Å². The zero-order valence-electron chi connectivity index (χ0n) is 13.1. The van der Waals surface area contributed by atoms with Crippen molar-refractivity contribution in [1.29, 1.82) is 5.26 Å². The van der Waals surface area contributed by atoms with Crippen molar-refractivity contribution >= 4 is 43.8 Å². The monoisotopic (exact) mass is 353 g/mol. The van der Waals surface area contributed by atoms with Crippen LogP contribution in [-0.4, -0.2) is 10.9 Å². The van der Waals surface area contributed by atoms with E-state index in [0.29, 0.717) is 21.5 Å². The standard InChI is InChI=1S/C18H15N3OS2/c1-10-6-7-14-11(8-10)12(9-19)17(23-14)21-16(22)18-20-13-4-2-3-5-15(13)24-18/h2-5,10H,6-8H2,1H3,(H,21,22)/t10-/m1/s1. The summed E-state index contributed by atoms with van der Waals surface area (Å²) in [5.41, 5.74) is 2.59. The molecule has 1 aliphatic rings. The lowest BCUT2D eigenvalue weighted by Crippen LogP contribution is -2.12. The van der Waals surface area contributed by atoms with E-state index in [9.17, 15) is 10.1 Å². The van der Waals surface area contributed by atoms with Crippen LogP contribution >= 0.6 is 22.7 Å². The topological polar surface area (TPSA) is 65.8 Å². The number of rotatable bonds is 2. The molecule has 0 fully saturated rings. The first kappa shape index (κ1) is 15.3. The van der Waals surface area contributed by atoms with Gasteiger partial charge in [-0.2, -0.15) is 5.26 Å². The number of hydrogen-bond acceptors (Lipinski definition) is 5. The first-order chi connectivity index (χ1) is 11.7. The second-order valence-corrected chi connectivity index (χ2v) is 8.24. The highest BCUT2D eigenvalue weighted by molar-refractivity contribution is 7.20. The molecule has 0 spiro atoms. The van der Waals surface area contributed by atoms with Crippen LogP contribution in [0.3, 0.4) is 0 Å². The number of carbonyl (C=O) groups is 1. The van der Waals surface area contributed by atoms with Crippen molar-refractivity contribution < 1.29 is 4.79 Å². The normalized spacial score (nSPS) is 16.6. The Hall–Kier alpha value is -2.23. The first-order valence-corrected chi connectivity index (χ1v) is 9.50. The summed E-state index contributed by atoms with van der Waals surface area (Å²) in [5.74, 6) is 0.353. The highest BCUT2D eigenvalue weighted by Crippen LogP contribution is 2.39. The number of amides is 1. The number of nitrogens with one attached hydrogen (secondary N) is 1. The van der Waals surface area contributed by atoms with E-state index in [0.717, 1.165) is 35.0 Å². The lowest BCUT2D eigenvalue weighted by Gasteiger charge is -2.17. The zero-order chi connectivity index (χ0) is 16.7. The van der Waals surface area contributed by atoms with E-state index in [-0.39, 0.29) is 5.91 Å². The lowest BCUT2D eigenvalue weighted by atomic mass is 9.88. The summed E-state index contributed by atoms with van der Waals surface area (Å²) in [7, 11) is 0. The van der Waals surface area contributed by atoms with Crippen molar-refractivity contribution in [2.75, 3.05) is 5.32 Å². The Bertz CT molecular complexity index is 947. The molecule has 3 aromatic rings. The molecule has 0 unspecified atom stereocenters. The van der Waals surface area contributed by atoms with Gasteiger partial charge in [0, 0.05) is 4.88 Å². The maximum Gasteiger partial charge on any atom is 0.285 e. The van der Waals surface area contributed by atoms with Crippen molar-refractivity contribution in [3.05, 3.63) is 45.3 Å². The van der Waals surface area contributed by atoms with Gasteiger partial charge in [-0.1, -0.05) is 19.1 Å². The molecule has 0 saturated heterocycles. The van der Waals surface area contributed by atoms with Gasteiger partial charge in [-0.25, -0.2) is 4.98 Å².